The van der Waals surface area contributed by atoms with Crippen molar-refractivity contribution >= 4 is 11.9 Å². The van der Waals surface area contributed by atoms with Gasteiger partial charge in [0.2, 0.25) is 5.95 Å². The molecule has 1 saturated heterocycles. The molecule has 0 radical (unpaired) electrons. The fourth-order valence-corrected chi connectivity index (χ4v) is 4.11. The summed E-state index contributed by atoms with van der Waals surface area (Å²) in [6.07, 6.45) is 8.34. The van der Waals surface area contributed by atoms with Crippen LogP contribution in [-0.4, -0.2) is 57.9 Å². The highest BCUT2D eigenvalue weighted by Crippen LogP contribution is 2.44. The van der Waals surface area contributed by atoms with Crippen molar-refractivity contribution in [2.45, 2.75) is 31.1 Å². The highest BCUT2D eigenvalue weighted by molar-refractivity contribution is 5.92. The zero-order valence-electron chi connectivity index (χ0n) is 15.0. The van der Waals surface area contributed by atoms with Gasteiger partial charge in [0.15, 0.2) is 0 Å². The van der Waals surface area contributed by atoms with E-state index < -0.39 is 0 Å². The Morgan fingerprint density at radius 3 is 2.88 bits per heavy atom. The summed E-state index contributed by atoms with van der Waals surface area (Å²) in [5.74, 6) is 0.523. The van der Waals surface area contributed by atoms with E-state index >= 15 is 0 Å². The minimum absolute atomic E-state index is 0.126. The van der Waals surface area contributed by atoms with Crippen LogP contribution in [-0.2, 0) is 11.8 Å². The number of H-pyrrole nitrogens is 1. The Kier molecular flexibility index (Phi) is 3.97. The standard InChI is InChI=1S/C18H22N6O2/c1-23(2)17-20-8-12-4-6-18(15(12)22-17)5-3-7-24(11-18)16(26)13-9-19-10-14(25)21-13/h8-10H,3-7,11H2,1-2H3,(H,21,25). The van der Waals surface area contributed by atoms with E-state index in [0.717, 1.165) is 31.4 Å². The molecule has 0 bridgehead atoms. The van der Waals surface area contributed by atoms with E-state index in [-0.39, 0.29) is 22.6 Å². The molecule has 26 heavy (non-hydrogen) atoms. The second-order valence-corrected chi connectivity index (χ2v) is 7.36. The number of likely N-dealkylation sites (tertiary alicyclic amines) is 1. The summed E-state index contributed by atoms with van der Waals surface area (Å²) >= 11 is 0. The first-order valence-electron chi connectivity index (χ1n) is 8.86. The molecule has 8 heteroatoms. The van der Waals surface area contributed by atoms with Crippen molar-refractivity contribution in [1.82, 2.24) is 24.8 Å². The molecule has 1 aliphatic heterocycles. The number of nitrogens with zero attached hydrogens (tertiary/aromatic N) is 5. The molecular formula is C18H22N6O2. The molecule has 2 aromatic rings. The Bertz CT molecular complexity index is 905. The Morgan fingerprint density at radius 2 is 2.12 bits per heavy atom. The summed E-state index contributed by atoms with van der Waals surface area (Å²) < 4.78 is 0. The van der Waals surface area contributed by atoms with Crippen molar-refractivity contribution in [2.75, 3.05) is 32.1 Å². The van der Waals surface area contributed by atoms with Gasteiger partial charge in [-0.25, -0.2) is 9.97 Å². The molecule has 4 rings (SSSR count). The number of carbonyl (C=O) groups excluding carboxylic acids is 1. The molecule has 8 nitrogen and oxygen atoms in total. The van der Waals surface area contributed by atoms with Crippen molar-refractivity contribution < 1.29 is 4.79 Å². The predicted octanol–water partition coefficient (Wildman–Crippen LogP) is 0.746. The highest BCUT2D eigenvalue weighted by Gasteiger charge is 2.45. The van der Waals surface area contributed by atoms with Gasteiger partial charge < -0.3 is 14.8 Å². The lowest BCUT2D eigenvalue weighted by Crippen LogP contribution is -2.48. The quantitative estimate of drug-likeness (QED) is 0.855. The SMILES string of the molecule is CN(C)c1ncc2c(n1)C1(CCCN(C(=O)c3cncc(=O)[nH]3)C1)CC2. The molecular weight excluding hydrogens is 332 g/mol. The zero-order valence-corrected chi connectivity index (χ0v) is 15.0. The van der Waals surface area contributed by atoms with Gasteiger partial charge in [-0.15, -0.1) is 0 Å². The Balaban J connectivity index is 1.65. The van der Waals surface area contributed by atoms with Crippen LogP contribution in [0.2, 0.25) is 0 Å². The number of nitrogens with one attached hydrogen (secondary N) is 1. The van der Waals surface area contributed by atoms with Crippen LogP contribution in [0, 0.1) is 0 Å². The highest BCUT2D eigenvalue weighted by atomic mass is 16.2. The maximum absolute atomic E-state index is 12.9. The lowest BCUT2D eigenvalue weighted by Gasteiger charge is -2.40. The number of amides is 1. The normalized spacial score (nSPS) is 21.7. The van der Waals surface area contributed by atoms with E-state index in [1.165, 1.54) is 18.0 Å². The third-order valence-electron chi connectivity index (χ3n) is 5.37. The summed E-state index contributed by atoms with van der Waals surface area (Å²) in [5.41, 5.74) is 2.01. The zero-order chi connectivity index (χ0) is 18.3. The number of fused-ring (bicyclic) bond motifs is 2. The molecule has 2 aliphatic rings. The molecule has 1 fully saturated rings. The molecule has 1 amide bonds. The Morgan fingerprint density at radius 1 is 1.27 bits per heavy atom. The lowest BCUT2D eigenvalue weighted by atomic mass is 9.77. The molecule has 136 valence electrons. The average molecular weight is 354 g/mol. The molecule has 1 atom stereocenters. The van der Waals surface area contributed by atoms with Gasteiger partial charge in [0, 0.05) is 38.8 Å². The van der Waals surface area contributed by atoms with Crippen LogP contribution < -0.4 is 10.5 Å². The van der Waals surface area contributed by atoms with Gasteiger partial charge in [-0.3, -0.25) is 14.6 Å². The van der Waals surface area contributed by atoms with Crippen molar-refractivity contribution in [2.24, 2.45) is 0 Å². The first-order valence-corrected chi connectivity index (χ1v) is 8.86. The van der Waals surface area contributed by atoms with E-state index in [2.05, 4.69) is 15.0 Å². The predicted molar refractivity (Wildman–Crippen MR) is 96.4 cm³/mol. The minimum Gasteiger partial charge on any atom is -0.347 e. The molecule has 1 unspecified atom stereocenters. The minimum atomic E-state index is -0.364. The fourth-order valence-electron chi connectivity index (χ4n) is 4.11. The number of aromatic amines is 1. The van der Waals surface area contributed by atoms with E-state index in [0.29, 0.717) is 19.0 Å². The number of carbonyl (C=O) groups is 1. The van der Waals surface area contributed by atoms with Crippen LogP contribution in [0.15, 0.2) is 23.4 Å². The molecule has 1 spiro atoms. The second kappa shape index (κ2) is 6.19. The molecule has 2 aromatic heterocycles. The summed E-state index contributed by atoms with van der Waals surface area (Å²) in [7, 11) is 3.86. The summed E-state index contributed by atoms with van der Waals surface area (Å²) in [5, 5.41) is 0. The smallest absolute Gasteiger partial charge is 0.272 e. The first kappa shape index (κ1) is 16.7. The van der Waals surface area contributed by atoms with Crippen LogP contribution >= 0.6 is 0 Å². The third-order valence-corrected chi connectivity index (χ3v) is 5.37. The molecule has 0 saturated carbocycles. The molecule has 1 N–H and O–H groups in total. The van der Waals surface area contributed by atoms with Crippen LogP contribution in [0.25, 0.3) is 0 Å². The maximum Gasteiger partial charge on any atom is 0.272 e. The van der Waals surface area contributed by atoms with Gasteiger partial charge in [0.05, 0.1) is 18.1 Å². The van der Waals surface area contributed by atoms with E-state index in [1.807, 2.05) is 30.1 Å². The van der Waals surface area contributed by atoms with Crippen LogP contribution in [0.1, 0.15) is 41.0 Å². The number of anilines is 1. The molecule has 1 aliphatic carbocycles. The largest absolute Gasteiger partial charge is 0.347 e. The van der Waals surface area contributed by atoms with Gasteiger partial charge in [-0.05, 0) is 31.2 Å². The average Bonchev–Trinajstić information content (AvgIpc) is 2.98. The van der Waals surface area contributed by atoms with Gasteiger partial charge in [0.25, 0.3) is 11.5 Å². The second-order valence-electron chi connectivity index (χ2n) is 7.36. The fraction of sp³-hybridized carbons (Fsp3) is 0.500. The van der Waals surface area contributed by atoms with E-state index in [4.69, 9.17) is 4.98 Å². The van der Waals surface area contributed by atoms with E-state index in [1.54, 1.807) is 0 Å². The summed E-state index contributed by atoms with van der Waals surface area (Å²) in [4.78, 5) is 43.7. The first-order chi connectivity index (χ1) is 12.5. The Hall–Kier alpha value is -2.77. The van der Waals surface area contributed by atoms with Crippen molar-refractivity contribution in [3.05, 3.63) is 45.9 Å². The monoisotopic (exact) mass is 354 g/mol. The van der Waals surface area contributed by atoms with Crippen LogP contribution in [0.4, 0.5) is 5.95 Å². The van der Waals surface area contributed by atoms with Crippen LogP contribution in [0.3, 0.4) is 0 Å². The number of rotatable bonds is 2. The van der Waals surface area contributed by atoms with Gasteiger partial charge >= 0.3 is 0 Å². The topological polar surface area (TPSA) is 95.1 Å². The number of piperidine rings is 1. The number of hydrogen-bond acceptors (Lipinski definition) is 6. The number of aromatic nitrogens is 4. The molecule has 0 aromatic carbocycles. The molecule has 3 heterocycles. The Labute approximate surface area is 151 Å². The van der Waals surface area contributed by atoms with Crippen molar-refractivity contribution in [1.29, 1.82) is 0 Å². The van der Waals surface area contributed by atoms with E-state index in [9.17, 15) is 9.59 Å². The number of aryl methyl sites for hydroxylation is 1. The van der Waals surface area contributed by atoms with Crippen molar-refractivity contribution in [3.63, 3.8) is 0 Å². The van der Waals surface area contributed by atoms with Crippen molar-refractivity contribution in [3.8, 4) is 0 Å². The summed E-state index contributed by atoms with van der Waals surface area (Å²) in [6.45, 7) is 1.29. The number of hydrogen-bond donors (Lipinski definition) is 1. The van der Waals surface area contributed by atoms with Crippen LogP contribution in [0.5, 0.6) is 0 Å². The lowest BCUT2D eigenvalue weighted by molar-refractivity contribution is 0.0626. The third kappa shape index (κ3) is 2.75. The maximum atomic E-state index is 12.9. The van der Waals surface area contributed by atoms with Gasteiger partial charge in [0.1, 0.15) is 5.69 Å². The van der Waals surface area contributed by atoms with Gasteiger partial charge in [-0.1, -0.05) is 0 Å². The van der Waals surface area contributed by atoms with Gasteiger partial charge in [-0.2, -0.15) is 0 Å². The summed E-state index contributed by atoms with van der Waals surface area (Å²) in [6, 6.07) is 0.